The molecule has 0 aromatic heterocycles. The van der Waals surface area contributed by atoms with Crippen molar-refractivity contribution >= 4 is 44.8 Å². The fourth-order valence-corrected chi connectivity index (χ4v) is 2.39. The van der Waals surface area contributed by atoms with Crippen LogP contribution in [0, 0.1) is 0 Å². The van der Waals surface area contributed by atoms with Gasteiger partial charge in [0.25, 0.3) is 0 Å². The van der Waals surface area contributed by atoms with Crippen molar-refractivity contribution in [3.8, 4) is 5.75 Å². The first-order valence-electron chi connectivity index (χ1n) is 6.21. The van der Waals surface area contributed by atoms with Crippen molar-refractivity contribution in [2.75, 3.05) is 24.3 Å². The fourth-order valence-electron chi connectivity index (χ4n) is 1.73. The van der Waals surface area contributed by atoms with E-state index in [1.807, 2.05) is 24.3 Å². The van der Waals surface area contributed by atoms with Gasteiger partial charge in [-0.2, -0.15) is 0 Å². The number of benzene rings is 2. The van der Waals surface area contributed by atoms with Gasteiger partial charge in [-0.3, -0.25) is 4.79 Å². The summed E-state index contributed by atoms with van der Waals surface area (Å²) in [6.07, 6.45) is 0. The largest absolute Gasteiger partial charge is 0.495 e. The van der Waals surface area contributed by atoms with Gasteiger partial charge in [0.15, 0.2) is 0 Å². The van der Waals surface area contributed by atoms with Crippen molar-refractivity contribution in [1.29, 1.82) is 0 Å². The van der Waals surface area contributed by atoms with Crippen LogP contribution in [0.4, 0.5) is 11.4 Å². The summed E-state index contributed by atoms with van der Waals surface area (Å²) < 4.78 is 5.98. The van der Waals surface area contributed by atoms with Crippen molar-refractivity contribution in [3.63, 3.8) is 0 Å². The summed E-state index contributed by atoms with van der Waals surface area (Å²) in [5.74, 6) is 0.459. The van der Waals surface area contributed by atoms with Crippen LogP contribution >= 0.6 is 27.5 Å². The first kappa shape index (κ1) is 15.7. The van der Waals surface area contributed by atoms with Gasteiger partial charge < -0.3 is 15.4 Å². The second kappa shape index (κ2) is 7.33. The first-order chi connectivity index (χ1) is 10.1. The molecule has 21 heavy (non-hydrogen) atoms. The maximum atomic E-state index is 11.9. The van der Waals surface area contributed by atoms with Gasteiger partial charge in [-0.15, -0.1) is 0 Å². The number of rotatable bonds is 5. The Balaban J connectivity index is 1.90. The number of carbonyl (C=O) groups is 1. The van der Waals surface area contributed by atoms with Crippen molar-refractivity contribution in [2.45, 2.75) is 0 Å². The monoisotopic (exact) mass is 368 g/mol. The van der Waals surface area contributed by atoms with Gasteiger partial charge in [0, 0.05) is 15.8 Å². The number of carbonyl (C=O) groups excluding carboxylic acids is 1. The second-order valence-electron chi connectivity index (χ2n) is 4.26. The van der Waals surface area contributed by atoms with E-state index in [1.165, 1.54) is 0 Å². The van der Waals surface area contributed by atoms with E-state index >= 15 is 0 Å². The average Bonchev–Trinajstić information content (AvgIpc) is 2.45. The van der Waals surface area contributed by atoms with E-state index in [-0.39, 0.29) is 12.5 Å². The number of halogens is 2. The molecule has 0 saturated carbocycles. The van der Waals surface area contributed by atoms with Gasteiger partial charge >= 0.3 is 0 Å². The maximum Gasteiger partial charge on any atom is 0.243 e. The molecule has 2 rings (SSSR count). The Labute approximate surface area is 136 Å². The molecule has 1 amide bonds. The molecule has 0 fully saturated rings. The molecular formula is C15H14BrClN2O2. The Morgan fingerprint density at radius 3 is 2.71 bits per heavy atom. The molecule has 0 heterocycles. The summed E-state index contributed by atoms with van der Waals surface area (Å²) in [6.45, 7) is 0.148. The molecule has 2 aromatic carbocycles. The highest BCUT2D eigenvalue weighted by Crippen LogP contribution is 2.27. The number of ether oxygens (including phenoxy) is 1. The van der Waals surface area contributed by atoms with Crippen LogP contribution in [0.1, 0.15) is 0 Å². The van der Waals surface area contributed by atoms with Gasteiger partial charge in [-0.25, -0.2) is 0 Å². The summed E-state index contributed by atoms with van der Waals surface area (Å²) in [5, 5.41) is 6.30. The molecule has 0 aliphatic carbocycles. The van der Waals surface area contributed by atoms with Crippen LogP contribution in [0.3, 0.4) is 0 Å². The van der Waals surface area contributed by atoms with E-state index in [9.17, 15) is 4.79 Å². The number of amides is 1. The molecule has 0 atom stereocenters. The van der Waals surface area contributed by atoms with Gasteiger partial charge in [0.05, 0.1) is 18.7 Å². The molecule has 0 unspecified atom stereocenters. The number of nitrogens with one attached hydrogen (secondary N) is 2. The molecule has 110 valence electrons. The van der Waals surface area contributed by atoms with Crippen LogP contribution in [-0.4, -0.2) is 19.6 Å². The highest BCUT2D eigenvalue weighted by molar-refractivity contribution is 9.10. The Hall–Kier alpha value is -1.72. The van der Waals surface area contributed by atoms with Crippen LogP contribution in [0.15, 0.2) is 46.9 Å². The molecule has 0 aliphatic rings. The quantitative estimate of drug-likeness (QED) is 0.832. The summed E-state index contributed by atoms with van der Waals surface area (Å²) in [7, 11) is 1.56. The van der Waals surface area contributed by atoms with Crippen LogP contribution in [0.25, 0.3) is 0 Å². The number of methoxy groups -OCH3 is 1. The third kappa shape index (κ3) is 4.65. The molecule has 4 nitrogen and oxygen atoms in total. The standard InChI is InChI=1S/C15H14BrClN2O2/c1-21-14-6-5-11(8-13(14)17)18-9-15(20)19-12-4-2-3-10(16)7-12/h2-8,18H,9H2,1H3,(H,19,20). The zero-order valence-electron chi connectivity index (χ0n) is 11.3. The van der Waals surface area contributed by atoms with Gasteiger partial charge in [-0.1, -0.05) is 33.6 Å². The van der Waals surface area contributed by atoms with Crippen molar-refractivity contribution in [3.05, 3.63) is 52.0 Å². The van der Waals surface area contributed by atoms with Gasteiger partial charge in [0.2, 0.25) is 5.91 Å². The average molecular weight is 370 g/mol. The van der Waals surface area contributed by atoms with Crippen molar-refractivity contribution < 1.29 is 9.53 Å². The van der Waals surface area contributed by atoms with E-state index in [1.54, 1.807) is 25.3 Å². The lowest BCUT2D eigenvalue weighted by atomic mass is 10.3. The number of anilines is 2. The normalized spacial score (nSPS) is 10.0. The zero-order chi connectivity index (χ0) is 15.2. The van der Waals surface area contributed by atoms with E-state index < -0.39 is 0 Å². The van der Waals surface area contributed by atoms with E-state index in [2.05, 4.69) is 26.6 Å². The molecule has 2 N–H and O–H groups in total. The highest BCUT2D eigenvalue weighted by atomic mass is 79.9. The number of hydrogen-bond donors (Lipinski definition) is 2. The van der Waals surface area contributed by atoms with E-state index in [0.29, 0.717) is 10.8 Å². The second-order valence-corrected chi connectivity index (χ2v) is 5.58. The molecule has 0 aliphatic heterocycles. The molecule has 0 radical (unpaired) electrons. The Morgan fingerprint density at radius 2 is 2.05 bits per heavy atom. The predicted octanol–water partition coefficient (Wildman–Crippen LogP) is 4.16. The van der Waals surface area contributed by atoms with Crippen LogP contribution in [0.5, 0.6) is 5.75 Å². The van der Waals surface area contributed by atoms with Crippen LogP contribution in [0.2, 0.25) is 5.02 Å². The summed E-state index contributed by atoms with van der Waals surface area (Å²) in [5.41, 5.74) is 1.49. The van der Waals surface area contributed by atoms with Crippen molar-refractivity contribution in [2.24, 2.45) is 0 Å². The van der Waals surface area contributed by atoms with E-state index in [0.717, 1.165) is 15.8 Å². The molecule has 0 bridgehead atoms. The molecular weight excluding hydrogens is 356 g/mol. The Bertz CT molecular complexity index is 649. The molecule has 0 saturated heterocycles. The summed E-state index contributed by atoms with van der Waals surface area (Å²) >= 11 is 9.38. The first-order valence-corrected chi connectivity index (χ1v) is 7.38. The third-order valence-electron chi connectivity index (χ3n) is 2.71. The SMILES string of the molecule is COc1ccc(NCC(=O)Nc2cccc(Br)c2)cc1Cl. The minimum atomic E-state index is -0.139. The molecule has 6 heteroatoms. The smallest absolute Gasteiger partial charge is 0.243 e. The topological polar surface area (TPSA) is 50.4 Å². The number of hydrogen-bond acceptors (Lipinski definition) is 3. The maximum absolute atomic E-state index is 11.9. The third-order valence-corrected chi connectivity index (χ3v) is 3.50. The highest BCUT2D eigenvalue weighted by Gasteiger charge is 2.05. The lowest BCUT2D eigenvalue weighted by Gasteiger charge is -2.09. The minimum absolute atomic E-state index is 0.139. The molecule has 0 spiro atoms. The Kier molecular flexibility index (Phi) is 5.47. The van der Waals surface area contributed by atoms with E-state index in [4.69, 9.17) is 16.3 Å². The van der Waals surface area contributed by atoms with Gasteiger partial charge in [-0.05, 0) is 36.4 Å². The lowest BCUT2D eigenvalue weighted by molar-refractivity contribution is -0.114. The Morgan fingerprint density at radius 1 is 1.24 bits per heavy atom. The predicted molar refractivity (Wildman–Crippen MR) is 89.3 cm³/mol. The lowest BCUT2D eigenvalue weighted by Crippen LogP contribution is -2.21. The minimum Gasteiger partial charge on any atom is -0.495 e. The van der Waals surface area contributed by atoms with Gasteiger partial charge in [0.1, 0.15) is 5.75 Å². The zero-order valence-corrected chi connectivity index (χ0v) is 13.7. The van der Waals surface area contributed by atoms with Crippen LogP contribution < -0.4 is 15.4 Å². The molecule has 2 aromatic rings. The van der Waals surface area contributed by atoms with Crippen molar-refractivity contribution in [1.82, 2.24) is 0 Å². The van der Waals surface area contributed by atoms with Crippen LogP contribution in [-0.2, 0) is 4.79 Å². The fraction of sp³-hybridized carbons (Fsp3) is 0.133. The summed E-state index contributed by atoms with van der Waals surface area (Å²) in [6, 6.07) is 12.7. The summed E-state index contributed by atoms with van der Waals surface area (Å²) in [4.78, 5) is 11.9.